The highest BCUT2D eigenvalue weighted by Gasteiger charge is 2.00. The van der Waals surface area contributed by atoms with Crippen molar-refractivity contribution in [3.63, 3.8) is 0 Å². The predicted molar refractivity (Wildman–Crippen MR) is 89.1 cm³/mol. The zero-order valence-corrected chi connectivity index (χ0v) is 14.3. The Morgan fingerprint density at radius 3 is 2.25 bits per heavy atom. The van der Waals surface area contributed by atoms with Crippen molar-refractivity contribution in [3.05, 3.63) is 0 Å². The van der Waals surface area contributed by atoms with Crippen LogP contribution in [0.3, 0.4) is 0 Å². The monoisotopic (exact) mass is 287 g/mol. The Morgan fingerprint density at radius 2 is 1.65 bits per heavy atom. The smallest absolute Gasteiger partial charge is 0.219 e. The number of hydrogen-bond acceptors (Lipinski definition) is 3. The Bertz CT molecular complexity index is 196. The van der Waals surface area contributed by atoms with Crippen LogP contribution in [0.2, 0.25) is 0 Å². The zero-order chi connectivity index (χ0) is 15.6. The molecule has 0 aliphatic carbocycles. The molecule has 0 fully saturated rings. The number of carbonyl (C=O) groups excluding carboxylic acids is 1. The van der Waals surface area contributed by atoms with Crippen LogP contribution in [0.15, 0.2) is 0 Å². The third kappa shape index (κ3) is 19.7. The number of hydrogen-bond donors (Lipinski definition) is 3. The van der Waals surface area contributed by atoms with Crippen LogP contribution < -0.4 is 16.0 Å². The topological polar surface area (TPSA) is 53.2 Å². The van der Waals surface area contributed by atoms with Crippen molar-refractivity contribution in [2.75, 3.05) is 26.2 Å². The van der Waals surface area contributed by atoms with Crippen LogP contribution in [-0.4, -0.2) is 38.1 Å². The molecule has 0 aliphatic rings. The van der Waals surface area contributed by atoms with Gasteiger partial charge in [-0.1, -0.05) is 41.0 Å². The lowest BCUT2D eigenvalue weighted by molar-refractivity contribution is -0.121. The average molecular weight is 287 g/mol. The van der Waals surface area contributed by atoms with E-state index in [1.807, 2.05) is 13.8 Å². The predicted octanol–water partition coefficient (Wildman–Crippen LogP) is 2.69. The lowest BCUT2D eigenvalue weighted by Crippen LogP contribution is -2.29. The molecular formula is C16H37N3O. The molecule has 122 valence electrons. The molecule has 0 bridgehead atoms. The minimum atomic E-state index is 0.197. The zero-order valence-electron chi connectivity index (χ0n) is 14.3. The summed E-state index contributed by atoms with van der Waals surface area (Å²) in [7, 11) is 0. The first-order valence-electron chi connectivity index (χ1n) is 8.37. The van der Waals surface area contributed by atoms with E-state index in [0.29, 0.717) is 12.5 Å². The van der Waals surface area contributed by atoms with Crippen molar-refractivity contribution < 1.29 is 4.79 Å². The van der Waals surface area contributed by atoms with Crippen LogP contribution in [0.5, 0.6) is 0 Å². The van der Waals surface area contributed by atoms with Gasteiger partial charge in [-0.15, -0.1) is 0 Å². The van der Waals surface area contributed by atoms with E-state index < -0.39 is 0 Å². The van der Waals surface area contributed by atoms with Gasteiger partial charge in [0.2, 0.25) is 5.91 Å². The molecule has 0 heterocycles. The summed E-state index contributed by atoms with van der Waals surface area (Å²) in [6.07, 6.45) is 4.98. The molecule has 4 nitrogen and oxygen atoms in total. The third-order valence-electron chi connectivity index (χ3n) is 2.74. The van der Waals surface area contributed by atoms with Crippen molar-refractivity contribution in [2.45, 2.75) is 72.8 Å². The van der Waals surface area contributed by atoms with Gasteiger partial charge in [-0.2, -0.15) is 0 Å². The van der Waals surface area contributed by atoms with E-state index in [1.54, 1.807) is 0 Å². The molecule has 0 rings (SSSR count). The Hall–Kier alpha value is -0.610. The molecule has 0 atom stereocenters. The number of unbranched alkanes of at least 4 members (excludes halogenated alkanes) is 2. The van der Waals surface area contributed by atoms with Crippen molar-refractivity contribution in [3.8, 4) is 0 Å². The molecule has 4 heteroatoms. The molecule has 0 aromatic rings. The highest BCUT2D eigenvalue weighted by molar-refractivity contribution is 5.75. The van der Waals surface area contributed by atoms with Gasteiger partial charge < -0.3 is 16.0 Å². The molecule has 0 aliphatic heterocycles. The summed E-state index contributed by atoms with van der Waals surface area (Å²) in [4.78, 5) is 11.5. The van der Waals surface area contributed by atoms with Gasteiger partial charge in [-0.25, -0.2) is 0 Å². The van der Waals surface area contributed by atoms with E-state index in [4.69, 9.17) is 0 Å². The molecule has 0 saturated heterocycles. The molecule has 0 unspecified atom stereocenters. The van der Waals surface area contributed by atoms with Gasteiger partial charge >= 0.3 is 0 Å². The summed E-state index contributed by atoms with van der Waals surface area (Å²) in [6.45, 7) is 14.2. The van der Waals surface area contributed by atoms with E-state index in [2.05, 4.69) is 36.7 Å². The van der Waals surface area contributed by atoms with Gasteiger partial charge in [-0.05, 0) is 38.9 Å². The van der Waals surface area contributed by atoms with E-state index in [-0.39, 0.29) is 5.91 Å². The van der Waals surface area contributed by atoms with Crippen LogP contribution in [0, 0.1) is 0 Å². The summed E-state index contributed by atoms with van der Waals surface area (Å²) in [5.74, 6) is 0.197. The number of nitrogens with one attached hydrogen (secondary N) is 3. The molecule has 0 radical (unpaired) electrons. The van der Waals surface area contributed by atoms with E-state index in [1.165, 1.54) is 6.42 Å². The minimum Gasteiger partial charge on any atom is -0.356 e. The fourth-order valence-corrected chi connectivity index (χ4v) is 1.68. The molecular weight excluding hydrogens is 250 g/mol. The molecule has 1 amide bonds. The van der Waals surface area contributed by atoms with Crippen molar-refractivity contribution in [1.82, 2.24) is 16.0 Å². The molecule has 0 aromatic carbocycles. The Balaban J connectivity index is 0. The third-order valence-corrected chi connectivity index (χ3v) is 2.74. The average Bonchev–Trinajstić information content (AvgIpc) is 2.44. The van der Waals surface area contributed by atoms with Crippen LogP contribution in [0.1, 0.15) is 66.7 Å². The molecule has 0 saturated carbocycles. The number of carbonyl (C=O) groups is 1. The largest absolute Gasteiger partial charge is 0.356 e. The molecule has 0 aromatic heterocycles. The highest BCUT2D eigenvalue weighted by Crippen LogP contribution is 1.98. The maximum atomic E-state index is 11.5. The van der Waals surface area contributed by atoms with Crippen LogP contribution >= 0.6 is 0 Å². The minimum absolute atomic E-state index is 0.197. The van der Waals surface area contributed by atoms with Gasteiger partial charge in [0.05, 0.1) is 0 Å². The fraction of sp³-hybridized carbons (Fsp3) is 0.938. The second-order valence-corrected chi connectivity index (χ2v) is 4.98. The van der Waals surface area contributed by atoms with Crippen molar-refractivity contribution in [2.24, 2.45) is 0 Å². The van der Waals surface area contributed by atoms with Gasteiger partial charge in [0.15, 0.2) is 0 Å². The summed E-state index contributed by atoms with van der Waals surface area (Å²) in [5.41, 5.74) is 0. The summed E-state index contributed by atoms with van der Waals surface area (Å²) < 4.78 is 0. The number of amides is 1. The maximum Gasteiger partial charge on any atom is 0.219 e. The Morgan fingerprint density at radius 1 is 0.950 bits per heavy atom. The van der Waals surface area contributed by atoms with E-state index in [0.717, 1.165) is 45.4 Å². The SMILES string of the molecule is CC.CCNCCCCCC(=O)NCCCNC(C)C. The first-order valence-corrected chi connectivity index (χ1v) is 8.37. The lowest BCUT2D eigenvalue weighted by atomic mass is 10.2. The maximum absolute atomic E-state index is 11.5. The first kappa shape index (κ1) is 21.7. The molecule has 20 heavy (non-hydrogen) atoms. The van der Waals surface area contributed by atoms with Crippen molar-refractivity contribution >= 4 is 5.91 Å². The van der Waals surface area contributed by atoms with Crippen LogP contribution in [0.25, 0.3) is 0 Å². The van der Waals surface area contributed by atoms with E-state index in [9.17, 15) is 4.79 Å². The van der Waals surface area contributed by atoms with Gasteiger partial charge in [0.1, 0.15) is 0 Å². The van der Waals surface area contributed by atoms with Crippen LogP contribution in [-0.2, 0) is 4.79 Å². The second kappa shape index (κ2) is 18.4. The standard InChI is InChI=1S/C14H31N3O.C2H6/c1-4-15-10-7-5-6-9-14(18)17-12-8-11-16-13(2)3;1-2/h13,15-16H,4-12H2,1-3H3,(H,17,18);1-2H3. The number of rotatable bonds is 12. The Kier molecular flexibility index (Phi) is 19.9. The second-order valence-electron chi connectivity index (χ2n) is 4.98. The highest BCUT2D eigenvalue weighted by atomic mass is 16.1. The Labute approximate surface area is 126 Å². The summed E-state index contributed by atoms with van der Waals surface area (Å²) >= 11 is 0. The fourth-order valence-electron chi connectivity index (χ4n) is 1.68. The lowest BCUT2D eigenvalue weighted by Gasteiger charge is -2.08. The quantitative estimate of drug-likeness (QED) is 0.484. The van der Waals surface area contributed by atoms with E-state index >= 15 is 0 Å². The van der Waals surface area contributed by atoms with Crippen molar-refractivity contribution in [1.29, 1.82) is 0 Å². The summed E-state index contributed by atoms with van der Waals surface area (Å²) in [6, 6.07) is 0.525. The first-order chi connectivity index (χ1) is 9.66. The molecule has 0 spiro atoms. The van der Waals surface area contributed by atoms with Gasteiger partial charge in [-0.3, -0.25) is 4.79 Å². The van der Waals surface area contributed by atoms with Crippen LogP contribution in [0.4, 0.5) is 0 Å². The van der Waals surface area contributed by atoms with Gasteiger partial charge in [0, 0.05) is 19.0 Å². The van der Waals surface area contributed by atoms with Gasteiger partial charge in [0.25, 0.3) is 0 Å². The normalized spacial score (nSPS) is 10.1. The molecule has 3 N–H and O–H groups in total. The summed E-state index contributed by atoms with van der Waals surface area (Å²) in [5, 5.41) is 9.58.